The molecule has 1 aromatic heterocycles. The largest absolute Gasteiger partial charge is 0.455 e. The van der Waals surface area contributed by atoms with E-state index in [1.807, 2.05) is 40.7 Å². The molecule has 0 radical (unpaired) electrons. The quantitative estimate of drug-likeness (QED) is 0.312. The summed E-state index contributed by atoms with van der Waals surface area (Å²) in [5.41, 5.74) is 9.69. The number of nitrogens with two attached hydrogens (primary N) is 1. The van der Waals surface area contributed by atoms with Gasteiger partial charge < -0.3 is 10.2 Å². The van der Waals surface area contributed by atoms with Crippen LogP contribution < -0.4 is 10.6 Å². The van der Waals surface area contributed by atoms with Crippen LogP contribution in [-0.2, 0) is 4.79 Å². The van der Waals surface area contributed by atoms with Crippen molar-refractivity contribution < 1.29 is 14.1 Å². The average molecular weight is 493 g/mol. The first-order chi connectivity index (χ1) is 16.5. The van der Waals surface area contributed by atoms with Crippen LogP contribution in [0.3, 0.4) is 0 Å². The van der Waals surface area contributed by atoms with Crippen molar-refractivity contribution >= 4 is 28.9 Å². The van der Waals surface area contributed by atoms with Crippen LogP contribution >= 0.6 is 11.8 Å². The highest BCUT2D eigenvalue weighted by atomic mass is 32.2. The molecule has 35 heavy (non-hydrogen) atoms. The van der Waals surface area contributed by atoms with E-state index in [2.05, 4.69) is 6.07 Å². The first kappa shape index (κ1) is 24.6. The maximum Gasteiger partial charge on any atom is 0.271 e. The highest BCUT2D eigenvalue weighted by Gasteiger charge is 2.46. The van der Waals surface area contributed by atoms with E-state index in [0.29, 0.717) is 40.7 Å². The number of nitrogens with zero attached hydrogens (tertiary/aromatic N) is 3. The second-order valence-electron chi connectivity index (χ2n) is 9.74. The summed E-state index contributed by atoms with van der Waals surface area (Å²) < 4.78 is 5.93. The molecule has 1 aliphatic heterocycles. The Labute approximate surface area is 208 Å². The molecule has 2 N–H and O–H groups in total. The number of nitro groups is 1. The lowest BCUT2D eigenvalue weighted by molar-refractivity contribution is -0.384. The van der Waals surface area contributed by atoms with Crippen molar-refractivity contribution in [3.63, 3.8) is 0 Å². The molecule has 0 spiro atoms. The summed E-state index contributed by atoms with van der Waals surface area (Å²) in [6.07, 6.45) is 0.856. The van der Waals surface area contributed by atoms with Crippen LogP contribution in [0.1, 0.15) is 56.4 Å². The number of non-ortho nitro benzene ring substituents is 1. The smallest absolute Gasteiger partial charge is 0.271 e. The molecule has 1 aromatic carbocycles. The number of furan rings is 1. The van der Waals surface area contributed by atoms with Crippen LogP contribution in [0.2, 0.25) is 0 Å². The van der Waals surface area contributed by atoms with E-state index in [-0.39, 0.29) is 28.3 Å². The molecule has 1 unspecified atom stereocenters. The van der Waals surface area contributed by atoms with Crippen molar-refractivity contribution in [3.05, 3.63) is 73.9 Å². The summed E-state index contributed by atoms with van der Waals surface area (Å²) in [5.74, 6) is 0.923. The van der Waals surface area contributed by atoms with Crippen LogP contribution in [0.5, 0.6) is 0 Å². The zero-order valence-corrected chi connectivity index (χ0v) is 21.3. The molecule has 9 heteroatoms. The molecule has 0 fully saturated rings. The number of nitro benzene ring substituents is 1. The second kappa shape index (κ2) is 8.93. The number of aryl methyl sites for hydroxylation is 2. The number of anilines is 1. The number of ketones is 1. The fourth-order valence-corrected chi connectivity index (χ4v) is 5.80. The Morgan fingerprint density at radius 1 is 1.31 bits per heavy atom. The fraction of sp³-hybridized carbons (Fsp3) is 0.385. The minimum atomic E-state index is -0.652. The Balaban J connectivity index is 2.04. The van der Waals surface area contributed by atoms with Gasteiger partial charge in [0.15, 0.2) is 10.9 Å². The Kier molecular flexibility index (Phi) is 6.28. The van der Waals surface area contributed by atoms with Crippen LogP contribution in [0, 0.1) is 40.7 Å². The van der Waals surface area contributed by atoms with E-state index in [9.17, 15) is 20.2 Å². The zero-order chi connectivity index (χ0) is 25.7. The third-order valence-corrected chi connectivity index (χ3v) is 7.33. The number of Topliss-reactive ketones (excluding diaryl/α,β-unsaturated/α-hetero) is 1. The third-order valence-electron chi connectivity index (χ3n) is 6.46. The van der Waals surface area contributed by atoms with Crippen LogP contribution in [-0.4, -0.2) is 16.5 Å². The van der Waals surface area contributed by atoms with Crippen molar-refractivity contribution in [1.29, 1.82) is 5.26 Å². The minimum Gasteiger partial charge on any atom is -0.455 e. The highest BCUT2D eigenvalue weighted by molar-refractivity contribution is 7.99. The molecule has 0 amide bonds. The summed E-state index contributed by atoms with van der Waals surface area (Å²) in [4.78, 5) is 26.5. The molecular weight excluding hydrogens is 464 g/mol. The summed E-state index contributed by atoms with van der Waals surface area (Å²) in [6, 6.07) is 8.67. The average Bonchev–Trinajstić information content (AvgIpc) is 3.13. The molecule has 0 saturated heterocycles. The summed E-state index contributed by atoms with van der Waals surface area (Å²) >= 11 is 1.51. The van der Waals surface area contributed by atoms with E-state index in [1.54, 1.807) is 11.0 Å². The molecule has 4 rings (SSSR count). The van der Waals surface area contributed by atoms with Crippen molar-refractivity contribution in [3.8, 4) is 6.07 Å². The zero-order valence-electron chi connectivity index (χ0n) is 20.5. The van der Waals surface area contributed by atoms with Crippen molar-refractivity contribution in [2.75, 3.05) is 10.7 Å². The minimum absolute atomic E-state index is 0.0547. The van der Waals surface area contributed by atoms with Crippen LogP contribution in [0.4, 0.5) is 11.4 Å². The normalized spacial score (nSPS) is 19.6. The third kappa shape index (κ3) is 4.23. The van der Waals surface area contributed by atoms with E-state index in [4.69, 9.17) is 10.2 Å². The lowest BCUT2D eigenvalue weighted by Crippen LogP contribution is -2.42. The molecule has 8 nitrogen and oxygen atoms in total. The Hall–Kier alpha value is -3.51. The molecule has 2 heterocycles. The van der Waals surface area contributed by atoms with E-state index in [0.717, 1.165) is 16.9 Å². The van der Waals surface area contributed by atoms with Gasteiger partial charge in [0.2, 0.25) is 0 Å². The first-order valence-corrected chi connectivity index (χ1v) is 12.4. The topological polar surface area (TPSA) is 126 Å². The second-order valence-corrected chi connectivity index (χ2v) is 11.0. The number of hydrogen-bond donors (Lipinski definition) is 1. The number of allylic oxidation sites excluding steroid dienone is 3. The van der Waals surface area contributed by atoms with Crippen LogP contribution in [0.25, 0.3) is 0 Å². The van der Waals surface area contributed by atoms with Gasteiger partial charge in [-0.15, -0.1) is 0 Å². The maximum atomic E-state index is 13.7. The fourth-order valence-electron chi connectivity index (χ4n) is 5.00. The molecule has 0 saturated carbocycles. The van der Waals surface area contributed by atoms with Gasteiger partial charge in [0.05, 0.1) is 28.2 Å². The van der Waals surface area contributed by atoms with Gasteiger partial charge in [-0.05, 0) is 43.1 Å². The lowest BCUT2D eigenvalue weighted by atomic mass is 9.69. The molecule has 1 aliphatic carbocycles. The van der Waals surface area contributed by atoms with Gasteiger partial charge in [0.25, 0.3) is 5.69 Å². The van der Waals surface area contributed by atoms with E-state index >= 15 is 0 Å². The number of carbonyl (C=O) groups excluding carboxylic acids is 1. The Bertz CT molecular complexity index is 1350. The number of rotatable bonds is 5. The number of carbonyl (C=O) groups is 1. The predicted octanol–water partition coefficient (Wildman–Crippen LogP) is 5.86. The molecule has 1 atom stereocenters. The standard InChI is InChI=1S/C26H28N4O4S/c1-6-35-25-17(9-15(3)34-25)22-18(13-27)24(28)29(19-10-16(30(32)33)8-7-14(19)2)20-11-26(4,5)12-21(31)23(20)22/h7-10,22H,6,11-12,28H2,1-5H3. The van der Waals surface area contributed by atoms with Gasteiger partial charge in [0.1, 0.15) is 11.6 Å². The number of nitriles is 1. The number of thioether (sulfide) groups is 1. The summed E-state index contributed by atoms with van der Waals surface area (Å²) in [6.45, 7) is 9.71. The number of benzene rings is 1. The van der Waals surface area contributed by atoms with Gasteiger partial charge >= 0.3 is 0 Å². The van der Waals surface area contributed by atoms with Gasteiger partial charge in [0, 0.05) is 35.4 Å². The monoisotopic (exact) mass is 492 g/mol. The van der Waals surface area contributed by atoms with Crippen molar-refractivity contribution in [2.45, 2.75) is 58.5 Å². The van der Waals surface area contributed by atoms with Crippen molar-refractivity contribution in [2.24, 2.45) is 11.1 Å². The number of hydrogen-bond acceptors (Lipinski definition) is 8. The molecule has 0 bridgehead atoms. The lowest BCUT2D eigenvalue weighted by Gasteiger charge is -2.44. The van der Waals surface area contributed by atoms with Crippen molar-refractivity contribution in [1.82, 2.24) is 0 Å². The van der Waals surface area contributed by atoms with Gasteiger partial charge in [-0.1, -0.05) is 38.6 Å². The van der Waals surface area contributed by atoms with Gasteiger partial charge in [-0.25, -0.2) is 0 Å². The Morgan fingerprint density at radius 3 is 2.66 bits per heavy atom. The maximum absolute atomic E-state index is 13.7. The molecule has 2 aliphatic rings. The molecular formula is C26H28N4O4S. The van der Waals surface area contributed by atoms with Gasteiger partial charge in [-0.3, -0.25) is 19.8 Å². The predicted molar refractivity (Wildman–Crippen MR) is 135 cm³/mol. The molecule has 182 valence electrons. The first-order valence-electron chi connectivity index (χ1n) is 11.4. The Morgan fingerprint density at radius 2 is 2.03 bits per heavy atom. The molecule has 2 aromatic rings. The van der Waals surface area contributed by atoms with E-state index < -0.39 is 10.8 Å². The summed E-state index contributed by atoms with van der Waals surface area (Å²) in [5, 5.41) is 22.5. The van der Waals surface area contributed by atoms with E-state index in [1.165, 1.54) is 23.9 Å². The summed E-state index contributed by atoms with van der Waals surface area (Å²) in [7, 11) is 0. The SMILES string of the molecule is CCSc1oc(C)cc1C1C(C#N)=C(N)N(c2cc([N+](=O)[O-])ccc2C)C2=C1C(=O)CC(C)(C)C2. The highest BCUT2D eigenvalue weighted by Crippen LogP contribution is 2.52. The van der Waals surface area contributed by atoms with Gasteiger partial charge in [-0.2, -0.15) is 5.26 Å². The van der Waals surface area contributed by atoms with Crippen LogP contribution in [0.15, 0.2) is 56.4 Å².